The molecular formula is C20H15F3N4S. The summed E-state index contributed by atoms with van der Waals surface area (Å²) in [5, 5.41) is 10.3. The molecule has 0 amide bonds. The summed E-state index contributed by atoms with van der Waals surface area (Å²) < 4.78 is 44.0. The maximum atomic E-state index is 14.9. The average Bonchev–Trinajstić information content (AvgIpc) is 2.71. The molecule has 0 saturated heterocycles. The van der Waals surface area contributed by atoms with Gasteiger partial charge < -0.3 is 10.2 Å². The van der Waals surface area contributed by atoms with Crippen LogP contribution in [-0.2, 0) is 0 Å². The predicted molar refractivity (Wildman–Crippen MR) is 105 cm³/mol. The number of anilines is 3. The van der Waals surface area contributed by atoms with E-state index in [1.165, 1.54) is 0 Å². The van der Waals surface area contributed by atoms with E-state index < -0.39 is 23.1 Å². The third-order valence-electron chi connectivity index (χ3n) is 4.24. The molecule has 0 bridgehead atoms. The number of hydrogen-bond donors (Lipinski definition) is 1. The Morgan fingerprint density at radius 1 is 0.857 bits per heavy atom. The van der Waals surface area contributed by atoms with Crippen LogP contribution in [0.25, 0.3) is 0 Å². The van der Waals surface area contributed by atoms with Gasteiger partial charge in [0, 0.05) is 24.7 Å². The van der Waals surface area contributed by atoms with Gasteiger partial charge in [-0.3, -0.25) is 0 Å². The first-order chi connectivity index (χ1) is 13.5. The second-order valence-electron chi connectivity index (χ2n) is 6.33. The molecule has 28 heavy (non-hydrogen) atoms. The fourth-order valence-electron chi connectivity index (χ4n) is 2.75. The fraction of sp³-hybridized carbons (Fsp3) is 0.100. The number of nitrogens with zero attached hydrogens (tertiary/aromatic N) is 3. The van der Waals surface area contributed by atoms with Gasteiger partial charge >= 0.3 is 0 Å². The Morgan fingerprint density at radius 2 is 1.57 bits per heavy atom. The number of rotatable bonds is 3. The van der Waals surface area contributed by atoms with Crippen LogP contribution in [0.15, 0.2) is 68.6 Å². The summed E-state index contributed by atoms with van der Waals surface area (Å²) in [6, 6.07) is 13.9. The van der Waals surface area contributed by atoms with E-state index in [1.54, 1.807) is 48.5 Å². The highest BCUT2D eigenvalue weighted by Crippen LogP contribution is 2.49. The SMILES string of the molecule is CN(C)c1ccc(N=Nc2c(F)c(F)c3c(c2F)Nc2ccccc2S3)cc1. The largest absolute Gasteiger partial charge is 0.378 e. The molecule has 1 aliphatic rings. The smallest absolute Gasteiger partial charge is 0.190 e. The number of fused-ring (bicyclic) bond motifs is 2. The van der Waals surface area contributed by atoms with Crippen molar-refractivity contribution in [2.45, 2.75) is 9.79 Å². The molecule has 0 unspecified atom stereocenters. The number of para-hydroxylation sites is 1. The lowest BCUT2D eigenvalue weighted by atomic mass is 10.2. The molecular weight excluding hydrogens is 385 g/mol. The highest BCUT2D eigenvalue weighted by Gasteiger charge is 2.29. The van der Waals surface area contributed by atoms with Crippen LogP contribution in [-0.4, -0.2) is 14.1 Å². The Hall–Kier alpha value is -3.00. The molecule has 0 spiro atoms. The first kappa shape index (κ1) is 18.4. The molecule has 4 rings (SSSR count). The minimum absolute atomic E-state index is 0.136. The van der Waals surface area contributed by atoms with Gasteiger partial charge in [0.1, 0.15) is 0 Å². The molecule has 1 aliphatic heterocycles. The van der Waals surface area contributed by atoms with Crippen LogP contribution in [0.5, 0.6) is 0 Å². The summed E-state index contributed by atoms with van der Waals surface area (Å²) in [6.07, 6.45) is 0. The fourth-order valence-corrected chi connectivity index (χ4v) is 3.77. The highest BCUT2D eigenvalue weighted by molar-refractivity contribution is 7.99. The standard InChI is InChI=1S/C20H15F3N4S/c1-27(2)12-9-7-11(8-10-12)25-26-18-15(21)16(22)20-19(17(18)23)24-13-5-3-4-6-14(13)28-20/h3-10,24H,1-2H3. The Labute approximate surface area is 164 Å². The lowest BCUT2D eigenvalue weighted by molar-refractivity contribution is 0.481. The van der Waals surface area contributed by atoms with Gasteiger partial charge in [-0.1, -0.05) is 23.9 Å². The minimum atomic E-state index is -1.36. The van der Waals surface area contributed by atoms with Gasteiger partial charge in [0.05, 0.1) is 22.0 Å². The Morgan fingerprint density at radius 3 is 2.29 bits per heavy atom. The number of halogens is 3. The summed E-state index contributed by atoms with van der Waals surface area (Å²) in [7, 11) is 3.78. The second kappa shape index (κ2) is 7.20. The first-order valence-electron chi connectivity index (χ1n) is 8.39. The van der Waals surface area contributed by atoms with E-state index in [0.29, 0.717) is 16.3 Å². The first-order valence-corrected chi connectivity index (χ1v) is 9.21. The molecule has 8 heteroatoms. The van der Waals surface area contributed by atoms with Gasteiger partial charge in [-0.2, -0.15) is 5.11 Å². The molecule has 142 valence electrons. The van der Waals surface area contributed by atoms with Crippen LogP contribution in [0.2, 0.25) is 0 Å². The van der Waals surface area contributed by atoms with Crippen molar-refractivity contribution in [2.75, 3.05) is 24.3 Å². The Bertz CT molecular complexity index is 1080. The number of azo groups is 1. The quantitative estimate of drug-likeness (QED) is 0.304. The lowest BCUT2D eigenvalue weighted by Crippen LogP contribution is -2.07. The van der Waals surface area contributed by atoms with Crippen molar-refractivity contribution < 1.29 is 13.2 Å². The molecule has 0 atom stereocenters. The Kier molecular flexibility index (Phi) is 4.72. The number of nitrogens with one attached hydrogen (secondary N) is 1. The van der Waals surface area contributed by atoms with Crippen molar-refractivity contribution in [2.24, 2.45) is 10.2 Å². The van der Waals surface area contributed by atoms with E-state index in [1.807, 2.05) is 19.0 Å². The van der Waals surface area contributed by atoms with Crippen molar-refractivity contribution in [3.63, 3.8) is 0 Å². The van der Waals surface area contributed by atoms with Crippen molar-refractivity contribution in [1.29, 1.82) is 0 Å². The maximum Gasteiger partial charge on any atom is 0.190 e. The van der Waals surface area contributed by atoms with Gasteiger partial charge in [0.15, 0.2) is 23.1 Å². The summed E-state index contributed by atoms with van der Waals surface area (Å²) in [6.45, 7) is 0. The van der Waals surface area contributed by atoms with E-state index >= 15 is 0 Å². The molecule has 0 saturated carbocycles. The Balaban J connectivity index is 1.72. The lowest BCUT2D eigenvalue weighted by Gasteiger charge is -2.22. The van der Waals surface area contributed by atoms with Crippen molar-refractivity contribution in [3.8, 4) is 0 Å². The van der Waals surface area contributed by atoms with Crippen molar-refractivity contribution in [1.82, 2.24) is 0 Å². The summed E-state index contributed by atoms with van der Waals surface area (Å²) in [5.41, 5.74) is 1.05. The van der Waals surface area contributed by atoms with E-state index in [-0.39, 0.29) is 10.6 Å². The monoisotopic (exact) mass is 400 g/mol. The third-order valence-corrected chi connectivity index (χ3v) is 5.41. The molecule has 1 heterocycles. The topological polar surface area (TPSA) is 40.0 Å². The van der Waals surface area contributed by atoms with Crippen molar-refractivity contribution >= 4 is 40.2 Å². The number of hydrogen-bond acceptors (Lipinski definition) is 5. The van der Waals surface area contributed by atoms with E-state index in [9.17, 15) is 13.2 Å². The summed E-state index contributed by atoms with van der Waals surface area (Å²) in [4.78, 5) is 2.45. The van der Waals surface area contributed by atoms with Gasteiger partial charge in [-0.15, -0.1) is 5.11 Å². The van der Waals surface area contributed by atoms with E-state index in [4.69, 9.17) is 0 Å². The zero-order valence-electron chi connectivity index (χ0n) is 15.0. The molecule has 0 radical (unpaired) electrons. The van der Waals surface area contributed by atoms with Crippen LogP contribution < -0.4 is 10.2 Å². The maximum absolute atomic E-state index is 14.9. The summed E-state index contributed by atoms with van der Waals surface area (Å²) in [5.74, 6) is -3.50. The van der Waals surface area contributed by atoms with Crippen LogP contribution in [0.1, 0.15) is 0 Å². The zero-order valence-corrected chi connectivity index (χ0v) is 15.8. The van der Waals surface area contributed by atoms with Crippen LogP contribution >= 0.6 is 11.8 Å². The van der Waals surface area contributed by atoms with E-state index in [0.717, 1.165) is 17.4 Å². The van der Waals surface area contributed by atoms with Gasteiger partial charge in [-0.05, 0) is 36.4 Å². The van der Waals surface area contributed by atoms with Crippen LogP contribution in [0.4, 0.5) is 41.6 Å². The molecule has 3 aromatic carbocycles. The third kappa shape index (κ3) is 3.20. The normalized spacial score (nSPS) is 12.5. The average molecular weight is 400 g/mol. The minimum Gasteiger partial charge on any atom is -0.378 e. The van der Waals surface area contributed by atoms with Gasteiger partial charge in [0.25, 0.3) is 0 Å². The molecule has 0 fully saturated rings. The molecule has 1 N–H and O–H groups in total. The second-order valence-corrected chi connectivity index (χ2v) is 7.38. The molecule has 0 aliphatic carbocycles. The molecule has 4 nitrogen and oxygen atoms in total. The molecule has 3 aromatic rings. The van der Waals surface area contributed by atoms with Crippen LogP contribution in [0.3, 0.4) is 0 Å². The molecule has 0 aromatic heterocycles. The zero-order chi connectivity index (χ0) is 19.8. The highest BCUT2D eigenvalue weighted by atomic mass is 32.2. The van der Waals surface area contributed by atoms with Crippen molar-refractivity contribution in [3.05, 3.63) is 66.0 Å². The van der Waals surface area contributed by atoms with Gasteiger partial charge in [-0.25, -0.2) is 13.2 Å². The predicted octanol–water partition coefficient (Wildman–Crippen LogP) is 6.79. The number of benzene rings is 3. The van der Waals surface area contributed by atoms with Crippen LogP contribution in [0, 0.1) is 17.5 Å². The van der Waals surface area contributed by atoms with E-state index in [2.05, 4.69) is 15.5 Å². The summed E-state index contributed by atoms with van der Waals surface area (Å²) >= 11 is 0.970. The van der Waals surface area contributed by atoms with Gasteiger partial charge in [0.2, 0.25) is 0 Å².